The molecule has 2 heterocycles. The maximum Gasteiger partial charge on any atom is 0.254 e. The number of H-pyrrole nitrogens is 1. The Morgan fingerprint density at radius 1 is 1.00 bits per heavy atom. The van der Waals surface area contributed by atoms with Crippen molar-refractivity contribution in [1.82, 2.24) is 20.7 Å². The highest BCUT2D eigenvalue weighted by atomic mass is 16.2. The fourth-order valence-electron chi connectivity index (χ4n) is 4.32. The van der Waals surface area contributed by atoms with E-state index in [0.717, 1.165) is 37.5 Å². The summed E-state index contributed by atoms with van der Waals surface area (Å²) in [5.41, 5.74) is 9.06. The van der Waals surface area contributed by atoms with Crippen LogP contribution in [0.4, 0.5) is 0 Å². The van der Waals surface area contributed by atoms with Gasteiger partial charge in [0, 0.05) is 42.6 Å². The molecule has 0 saturated carbocycles. The Balaban J connectivity index is 1.22. The van der Waals surface area contributed by atoms with Crippen molar-refractivity contribution in [3.8, 4) is 0 Å². The zero-order valence-electron chi connectivity index (χ0n) is 17.9. The summed E-state index contributed by atoms with van der Waals surface area (Å²) in [6, 6.07) is 20.2. The number of rotatable bonds is 8. The lowest BCUT2D eigenvalue weighted by Crippen LogP contribution is -2.31. The molecular formula is C25H30N4O2. The minimum Gasteiger partial charge on any atom is -0.342 e. The molecule has 4 rings (SSSR count). The van der Waals surface area contributed by atoms with E-state index >= 15 is 0 Å². The van der Waals surface area contributed by atoms with Gasteiger partial charge in [-0.15, -0.1) is 0 Å². The van der Waals surface area contributed by atoms with Gasteiger partial charge in [0.15, 0.2) is 0 Å². The van der Waals surface area contributed by atoms with Crippen molar-refractivity contribution >= 4 is 16.8 Å². The lowest BCUT2D eigenvalue weighted by atomic mass is 9.99. The molecule has 1 fully saturated rings. The number of nitrogens with zero attached hydrogens (tertiary/aromatic N) is 1. The molecule has 1 saturated heterocycles. The number of carbonyl (C=O) groups is 1. The molecule has 0 bridgehead atoms. The lowest BCUT2D eigenvalue weighted by Gasteiger charge is -2.18. The van der Waals surface area contributed by atoms with Crippen LogP contribution in [0.3, 0.4) is 0 Å². The molecule has 3 N–H and O–H groups in total. The van der Waals surface area contributed by atoms with Gasteiger partial charge in [-0.25, -0.2) is 0 Å². The van der Waals surface area contributed by atoms with Gasteiger partial charge in [0.2, 0.25) is 5.56 Å². The van der Waals surface area contributed by atoms with Gasteiger partial charge in [0.1, 0.15) is 0 Å². The minimum atomic E-state index is -0.248. The minimum absolute atomic E-state index is 0.102. The topological polar surface area (TPSA) is 77.2 Å². The largest absolute Gasteiger partial charge is 0.342 e. The van der Waals surface area contributed by atoms with Crippen LogP contribution in [0.15, 0.2) is 65.5 Å². The fraction of sp³-hybridized carbons (Fsp3) is 0.360. The van der Waals surface area contributed by atoms with Crippen LogP contribution in [0.5, 0.6) is 0 Å². The summed E-state index contributed by atoms with van der Waals surface area (Å²) in [5, 5.41) is 0.784. The monoisotopic (exact) mass is 418 g/mol. The van der Waals surface area contributed by atoms with Crippen LogP contribution in [-0.2, 0) is 0 Å². The number of amides is 1. The van der Waals surface area contributed by atoms with E-state index in [1.54, 1.807) is 4.90 Å². The number of hydrogen-bond donors (Lipinski definition) is 3. The van der Waals surface area contributed by atoms with E-state index < -0.39 is 0 Å². The average molecular weight is 419 g/mol. The number of pyridine rings is 1. The van der Waals surface area contributed by atoms with E-state index in [1.165, 1.54) is 11.6 Å². The van der Waals surface area contributed by atoms with E-state index in [9.17, 15) is 9.59 Å². The molecule has 0 aliphatic carbocycles. The molecule has 1 aliphatic rings. The maximum absolute atomic E-state index is 12.9. The summed E-state index contributed by atoms with van der Waals surface area (Å²) in [6.07, 6.45) is 5.36. The van der Waals surface area contributed by atoms with E-state index in [1.807, 2.05) is 37.4 Å². The summed E-state index contributed by atoms with van der Waals surface area (Å²) in [4.78, 5) is 29.4. The molecule has 162 valence electrons. The first-order chi connectivity index (χ1) is 15.1. The van der Waals surface area contributed by atoms with E-state index in [0.29, 0.717) is 29.7 Å². The van der Waals surface area contributed by atoms with Gasteiger partial charge < -0.3 is 9.88 Å². The lowest BCUT2D eigenvalue weighted by molar-refractivity contribution is 0.0794. The van der Waals surface area contributed by atoms with Gasteiger partial charge in [0.05, 0.1) is 5.56 Å². The Morgan fingerprint density at radius 2 is 1.77 bits per heavy atom. The van der Waals surface area contributed by atoms with Crippen molar-refractivity contribution < 1.29 is 4.79 Å². The second-order valence-corrected chi connectivity index (χ2v) is 8.35. The number of hydrazine groups is 1. The predicted octanol–water partition coefficient (Wildman–Crippen LogP) is 3.77. The Labute approximate surface area is 182 Å². The second-order valence-electron chi connectivity index (χ2n) is 8.35. The molecule has 2 atom stereocenters. The normalized spacial score (nSPS) is 18.4. The van der Waals surface area contributed by atoms with E-state index in [2.05, 4.69) is 40.1 Å². The zero-order chi connectivity index (χ0) is 21.6. The van der Waals surface area contributed by atoms with Crippen molar-refractivity contribution in [2.24, 2.45) is 0 Å². The molecule has 1 aliphatic heterocycles. The summed E-state index contributed by atoms with van der Waals surface area (Å²) < 4.78 is 0. The first kappa shape index (κ1) is 21.3. The third kappa shape index (κ3) is 5.21. The number of aromatic amines is 1. The smallest absolute Gasteiger partial charge is 0.254 e. The van der Waals surface area contributed by atoms with Crippen LogP contribution in [-0.4, -0.2) is 35.4 Å². The van der Waals surface area contributed by atoms with Gasteiger partial charge in [0.25, 0.3) is 5.91 Å². The Kier molecular flexibility index (Phi) is 6.79. The summed E-state index contributed by atoms with van der Waals surface area (Å²) in [5.74, 6) is -0.102. The van der Waals surface area contributed by atoms with Crippen LogP contribution >= 0.6 is 0 Å². The number of nitrogens with one attached hydrogen (secondary N) is 3. The molecule has 3 aromatic rings. The van der Waals surface area contributed by atoms with Crippen molar-refractivity contribution in [2.45, 2.75) is 44.2 Å². The highest BCUT2D eigenvalue weighted by molar-refractivity contribution is 6.05. The van der Waals surface area contributed by atoms with Crippen LogP contribution in [0.1, 0.15) is 54.1 Å². The molecular weight excluding hydrogens is 388 g/mol. The molecule has 2 aromatic carbocycles. The van der Waals surface area contributed by atoms with Crippen LogP contribution in [0.2, 0.25) is 0 Å². The van der Waals surface area contributed by atoms with Crippen molar-refractivity contribution in [3.05, 3.63) is 82.1 Å². The Morgan fingerprint density at radius 3 is 2.61 bits per heavy atom. The number of fused-ring (bicyclic) bond motifs is 1. The average Bonchev–Trinajstić information content (AvgIpc) is 3.27. The fourth-order valence-corrected chi connectivity index (χ4v) is 4.32. The summed E-state index contributed by atoms with van der Waals surface area (Å²) in [7, 11) is 1.81. The molecule has 0 radical (unpaired) electrons. The number of benzene rings is 2. The number of para-hydroxylation sites is 1. The third-order valence-corrected chi connectivity index (χ3v) is 6.06. The molecule has 1 aromatic heterocycles. The molecule has 2 unspecified atom stereocenters. The van der Waals surface area contributed by atoms with Gasteiger partial charge in [-0.3, -0.25) is 20.4 Å². The SMILES string of the molecule is CN(CCCCCC1CC(c2ccccc2)NN1)C(=O)c1cc(=O)[nH]c2ccccc12. The summed E-state index contributed by atoms with van der Waals surface area (Å²) in [6.45, 7) is 0.683. The molecule has 1 amide bonds. The molecule has 6 heteroatoms. The van der Waals surface area contributed by atoms with Crippen molar-refractivity contribution in [3.63, 3.8) is 0 Å². The first-order valence-electron chi connectivity index (χ1n) is 11.1. The number of aromatic nitrogens is 1. The number of carbonyl (C=O) groups excluding carboxylic acids is 1. The van der Waals surface area contributed by atoms with Crippen molar-refractivity contribution in [1.29, 1.82) is 0 Å². The number of hydrogen-bond acceptors (Lipinski definition) is 4. The molecule has 0 spiro atoms. The Bertz CT molecular complexity index is 1080. The van der Waals surface area contributed by atoms with Crippen molar-refractivity contribution in [2.75, 3.05) is 13.6 Å². The van der Waals surface area contributed by atoms with Crippen LogP contribution < -0.4 is 16.4 Å². The van der Waals surface area contributed by atoms with Gasteiger partial charge >= 0.3 is 0 Å². The number of unbranched alkanes of at least 4 members (excludes halogenated alkanes) is 2. The van der Waals surface area contributed by atoms with Gasteiger partial charge in [-0.1, -0.05) is 61.4 Å². The first-order valence-corrected chi connectivity index (χ1v) is 11.1. The standard InChI is InChI=1S/C25H30N4O2/c1-29(25(31)21-17-24(30)26-22-14-8-7-13-20(21)22)15-9-3-6-12-19-16-23(28-27-19)18-10-4-2-5-11-18/h2,4-5,7-8,10-11,13-14,17,19,23,27-28H,3,6,9,12,15-16H2,1H3,(H,26,30). The molecule has 31 heavy (non-hydrogen) atoms. The van der Waals surface area contributed by atoms with Gasteiger partial charge in [-0.2, -0.15) is 0 Å². The highest BCUT2D eigenvalue weighted by Gasteiger charge is 2.24. The van der Waals surface area contributed by atoms with Crippen LogP contribution in [0, 0.1) is 0 Å². The van der Waals surface area contributed by atoms with Crippen LogP contribution in [0.25, 0.3) is 10.9 Å². The predicted molar refractivity (Wildman–Crippen MR) is 124 cm³/mol. The third-order valence-electron chi connectivity index (χ3n) is 6.06. The van der Waals surface area contributed by atoms with E-state index in [-0.39, 0.29) is 11.5 Å². The zero-order valence-corrected chi connectivity index (χ0v) is 17.9. The highest BCUT2D eigenvalue weighted by Crippen LogP contribution is 2.24. The maximum atomic E-state index is 12.9. The molecule has 6 nitrogen and oxygen atoms in total. The quantitative estimate of drug-likeness (QED) is 0.487. The van der Waals surface area contributed by atoms with Gasteiger partial charge in [-0.05, 0) is 30.9 Å². The summed E-state index contributed by atoms with van der Waals surface area (Å²) >= 11 is 0. The van der Waals surface area contributed by atoms with E-state index in [4.69, 9.17) is 0 Å². The second kappa shape index (κ2) is 9.90. The Hall–Kier alpha value is -2.96.